The first kappa shape index (κ1) is 21.9. The van der Waals surface area contributed by atoms with Crippen LogP contribution in [-0.2, 0) is 15.6 Å². The van der Waals surface area contributed by atoms with Crippen molar-refractivity contribution in [1.82, 2.24) is 15.0 Å². The summed E-state index contributed by atoms with van der Waals surface area (Å²) in [7, 11) is -3.54. The molecule has 2 heterocycles. The summed E-state index contributed by atoms with van der Waals surface area (Å²) in [5.74, 6) is -0.168. The molecule has 0 spiro atoms. The van der Waals surface area contributed by atoms with Crippen LogP contribution in [0.1, 0.15) is 16.8 Å². The van der Waals surface area contributed by atoms with E-state index in [9.17, 15) is 8.42 Å². The predicted molar refractivity (Wildman–Crippen MR) is 135 cm³/mol. The number of fused-ring (bicyclic) bond motifs is 1. The predicted octanol–water partition coefficient (Wildman–Crippen LogP) is 5.95. The molecule has 2 aromatic heterocycles. The molecule has 6 heteroatoms. The summed E-state index contributed by atoms with van der Waals surface area (Å²) in [5, 5.41) is 1.74. The number of hydrogen-bond donors (Lipinski definition) is 0. The highest BCUT2D eigenvalue weighted by molar-refractivity contribution is 7.90. The maximum atomic E-state index is 13.0. The minimum Gasteiger partial charge on any atom is -0.256 e. The Kier molecular flexibility index (Phi) is 5.67. The Morgan fingerprint density at radius 3 is 2.29 bits per heavy atom. The van der Waals surface area contributed by atoms with Gasteiger partial charge in [-0.15, -0.1) is 0 Å². The van der Waals surface area contributed by atoms with Gasteiger partial charge in [0.05, 0.1) is 22.0 Å². The monoisotopic (exact) mass is 465 g/mol. The fourth-order valence-electron chi connectivity index (χ4n) is 4.10. The number of pyridine rings is 1. The molecule has 5 nitrogen and oxygen atoms in total. The molecule has 0 aliphatic rings. The van der Waals surface area contributed by atoms with Crippen molar-refractivity contribution in [2.45, 2.75) is 24.5 Å². The third-order valence-corrected chi connectivity index (χ3v) is 7.59. The van der Waals surface area contributed by atoms with Crippen LogP contribution >= 0.6 is 0 Å². The van der Waals surface area contributed by atoms with Gasteiger partial charge >= 0.3 is 0 Å². The zero-order valence-corrected chi connectivity index (χ0v) is 19.8. The van der Waals surface area contributed by atoms with Gasteiger partial charge < -0.3 is 0 Å². The number of aromatic nitrogens is 3. The second-order valence-electron chi connectivity index (χ2n) is 8.40. The fraction of sp³-hybridized carbons (Fsp3) is 0.107. The molecule has 5 rings (SSSR count). The number of hydrogen-bond acceptors (Lipinski definition) is 5. The summed E-state index contributed by atoms with van der Waals surface area (Å²) in [6.07, 6.45) is 4.63. The van der Waals surface area contributed by atoms with Gasteiger partial charge in [-0.25, -0.2) is 18.4 Å². The molecule has 5 aromatic rings. The van der Waals surface area contributed by atoms with E-state index in [-0.39, 0.29) is 10.6 Å². The second-order valence-corrected chi connectivity index (χ2v) is 10.4. The van der Waals surface area contributed by atoms with Crippen molar-refractivity contribution in [3.8, 4) is 22.4 Å². The van der Waals surface area contributed by atoms with Crippen molar-refractivity contribution in [1.29, 1.82) is 0 Å². The van der Waals surface area contributed by atoms with Crippen molar-refractivity contribution in [2.75, 3.05) is 0 Å². The SMILES string of the molecule is Cc1ccc(-c2ccc(-c3nccc4cc(S(=O)(=O)Cc5ccncn5)ccc34)c(C)c2)cc1. The zero-order valence-electron chi connectivity index (χ0n) is 18.9. The van der Waals surface area contributed by atoms with Crippen LogP contribution in [0.15, 0.2) is 96.4 Å². The third-order valence-electron chi connectivity index (χ3n) is 5.94. The summed E-state index contributed by atoms with van der Waals surface area (Å²) in [6, 6.07) is 23.5. The minimum atomic E-state index is -3.54. The maximum absolute atomic E-state index is 13.0. The highest BCUT2D eigenvalue weighted by atomic mass is 32.2. The van der Waals surface area contributed by atoms with E-state index in [0.717, 1.165) is 33.2 Å². The smallest absolute Gasteiger partial charge is 0.184 e. The molecule has 3 aromatic carbocycles. The molecule has 0 radical (unpaired) electrons. The van der Waals surface area contributed by atoms with Crippen molar-refractivity contribution in [2.24, 2.45) is 0 Å². The zero-order chi connectivity index (χ0) is 23.7. The molecule has 0 unspecified atom stereocenters. The lowest BCUT2D eigenvalue weighted by Gasteiger charge is -2.12. The van der Waals surface area contributed by atoms with Crippen LogP contribution in [0.4, 0.5) is 0 Å². The Labute approximate surface area is 199 Å². The average molecular weight is 466 g/mol. The maximum Gasteiger partial charge on any atom is 0.184 e. The summed E-state index contributed by atoms with van der Waals surface area (Å²) >= 11 is 0. The van der Waals surface area contributed by atoms with E-state index in [1.807, 2.05) is 12.1 Å². The Morgan fingerprint density at radius 1 is 0.765 bits per heavy atom. The lowest BCUT2D eigenvalue weighted by Crippen LogP contribution is -2.06. The van der Waals surface area contributed by atoms with Gasteiger partial charge in [-0.05, 0) is 60.2 Å². The lowest BCUT2D eigenvalue weighted by atomic mass is 9.95. The molecule has 0 saturated carbocycles. The van der Waals surface area contributed by atoms with Gasteiger partial charge in [0, 0.05) is 23.3 Å². The van der Waals surface area contributed by atoms with Crippen molar-refractivity contribution in [3.05, 3.63) is 108 Å². The molecule has 0 aliphatic carbocycles. The topological polar surface area (TPSA) is 72.8 Å². The Bertz CT molecular complexity index is 1600. The van der Waals surface area contributed by atoms with Gasteiger partial charge in [-0.3, -0.25) is 4.98 Å². The van der Waals surface area contributed by atoms with Gasteiger partial charge in [0.15, 0.2) is 9.84 Å². The van der Waals surface area contributed by atoms with Crippen LogP contribution in [0.5, 0.6) is 0 Å². The summed E-state index contributed by atoms with van der Waals surface area (Å²) in [6.45, 7) is 4.16. The fourth-order valence-corrected chi connectivity index (χ4v) is 5.41. The van der Waals surface area contributed by atoms with Gasteiger partial charge in [0.1, 0.15) is 6.33 Å². The number of rotatable bonds is 5. The number of aryl methyl sites for hydroxylation is 2. The molecule has 0 saturated heterocycles. The molecule has 0 N–H and O–H groups in total. The minimum absolute atomic E-state index is 0.168. The lowest BCUT2D eigenvalue weighted by molar-refractivity contribution is 0.594. The molecule has 0 aliphatic heterocycles. The Hall–Kier alpha value is -3.90. The summed E-state index contributed by atoms with van der Waals surface area (Å²) < 4.78 is 25.9. The van der Waals surface area contributed by atoms with Gasteiger partial charge in [-0.1, -0.05) is 54.1 Å². The number of benzene rings is 3. The first-order valence-corrected chi connectivity index (χ1v) is 12.6. The average Bonchev–Trinajstić information content (AvgIpc) is 2.84. The first-order chi connectivity index (χ1) is 16.4. The van der Waals surface area contributed by atoms with Gasteiger partial charge in [0.2, 0.25) is 0 Å². The molecule has 0 fully saturated rings. The van der Waals surface area contributed by atoms with Gasteiger partial charge in [0.25, 0.3) is 0 Å². The van der Waals surface area contributed by atoms with E-state index in [1.54, 1.807) is 30.6 Å². The molecule has 34 heavy (non-hydrogen) atoms. The van der Waals surface area contributed by atoms with Crippen LogP contribution in [0.25, 0.3) is 33.2 Å². The summed E-state index contributed by atoms with van der Waals surface area (Å²) in [4.78, 5) is 12.8. The van der Waals surface area contributed by atoms with Crippen LogP contribution in [0.2, 0.25) is 0 Å². The van der Waals surface area contributed by atoms with Crippen LogP contribution in [0.3, 0.4) is 0 Å². The normalized spacial score (nSPS) is 11.6. The van der Waals surface area contributed by atoms with Crippen LogP contribution < -0.4 is 0 Å². The van der Waals surface area contributed by atoms with E-state index in [0.29, 0.717) is 5.69 Å². The highest BCUT2D eigenvalue weighted by Gasteiger charge is 2.18. The largest absolute Gasteiger partial charge is 0.256 e. The Balaban J connectivity index is 1.52. The number of sulfone groups is 1. The highest BCUT2D eigenvalue weighted by Crippen LogP contribution is 2.33. The van der Waals surface area contributed by atoms with Crippen LogP contribution in [0, 0.1) is 13.8 Å². The van der Waals surface area contributed by atoms with E-state index in [4.69, 9.17) is 0 Å². The van der Waals surface area contributed by atoms with Crippen LogP contribution in [-0.4, -0.2) is 23.4 Å². The molecular weight excluding hydrogens is 442 g/mol. The van der Waals surface area contributed by atoms with Crippen molar-refractivity contribution < 1.29 is 8.42 Å². The third kappa shape index (κ3) is 4.32. The van der Waals surface area contributed by atoms with E-state index >= 15 is 0 Å². The molecular formula is C28H23N3O2S. The Morgan fingerprint density at radius 2 is 1.56 bits per heavy atom. The van der Waals surface area contributed by atoms with Crippen molar-refractivity contribution in [3.63, 3.8) is 0 Å². The van der Waals surface area contributed by atoms with E-state index in [1.165, 1.54) is 17.5 Å². The van der Waals surface area contributed by atoms with Crippen molar-refractivity contribution >= 4 is 20.6 Å². The molecule has 0 bridgehead atoms. The molecule has 0 atom stereocenters. The molecule has 0 amide bonds. The quantitative estimate of drug-likeness (QED) is 0.321. The molecule has 168 valence electrons. The number of nitrogens with zero attached hydrogens (tertiary/aromatic N) is 3. The first-order valence-electron chi connectivity index (χ1n) is 11.0. The van der Waals surface area contributed by atoms with Gasteiger partial charge in [-0.2, -0.15) is 0 Å². The summed E-state index contributed by atoms with van der Waals surface area (Å²) in [5.41, 5.74) is 7.00. The van der Waals surface area contributed by atoms with E-state index in [2.05, 4.69) is 71.3 Å². The standard InChI is InChI=1S/C28H23N3O2S/c1-19-3-5-21(6-4-19)22-7-9-26(20(2)15-22)28-27-10-8-25(16-23(27)11-14-30-28)34(32,33)17-24-12-13-29-18-31-24/h3-16,18H,17H2,1-2H3. The second kappa shape index (κ2) is 8.80. The van der Waals surface area contributed by atoms with E-state index < -0.39 is 9.84 Å².